The third-order valence-corrected chi connectivity index (χ3v) is 5.17. The Morgan fingerprint density at radius 2 is 2.00 bits per heavy atom. The van der Waals surface area contributed by atoms with E-state index in [1.54, 1.807) is 17.0 Å². The average Bonchev–Trinajstić information content (AvgIpc) is 2.59. The Bertz CT molecular complexity index is 592. The van der Waals surface area contributed by atoms with Gasteiger partial charge >= 0.3 is 6.03 Å². The van der Waals surface area contributed by atoms with Crippen molar-refractivity contribution in [2.45, 2.75) is 37.7 Å². The molecule has 0 spiro atoms. The third kappa shape index (κ3) is 3.87. The summed E-state index contributed by atoms with van der Waals surface area (Å²) in [5.41, 5.74) is 0.113. The number of para-hydroxylation sites is 1. The molecule has 1 heterocycles. The van der Waals surface area contributed by atoms with E-state index in [1.165, 1.54) is 0 Å². The first kappa shape index (κ1) is 16.8. The van der Waals surface area contributed by atoms with Gasteiger partial charge < -0.3 is 20.6 Å². The van der Waals surface area contributed by atoms with Crippen molar-refractivity contribution < 1.29 is 14.7 Å². The van der Waals surface area contributed by atoms with Crippen molar-refractivity contribution in [1.82, 2.24) is 10.2 Å². The lowest BCUT2D eigenvalue weighted by molar-refractivity contribution is -0.115. The Morgan fingerprint density at radius 3 is 2.79 bits per heavy atom. The van der Waals surface area contributed by atoms with E-state index in [0.717, 1.165) is 25.7 Å². The smallest absolute Gasteiger partial charge is 0.317 e. The van der Waals surface area contributed by atoms with Crippen LogP contribution in [0.5, 0.6) is 0 Å². The zero-order chi connectivity index (χ0) is 17.0. The van der Waals surface area contributed by atoms with Crippen LogP contribution in [0.1, 0.15) is 32.1 Å². The molecule has 6 heteroatoms. The standard InChI is InChI=1S/C18H25N3O3/c22-16(20-15-7-2-1-3-8-15)12-19-17(23)21-11-10-18(24)9-5-4-6-14(18)13-21/h1-3,7-8,14,24H,4-6,9-13H2,(H,19,23)(H,20,22)/t14-,18-/m1/s1. The number of hydrogen-bond donors (Lipinski definition) is 3. The zero-order valence-electron chi connectivity index (χ0n) is 13.8. The fourth-order valence-electron chi connectivity index (χ4n) is 3.75. The second-order valence-electron chi connectivity index (χ2n) is 6.82. The Kier molecular flexibility index (Phi) is 5.04. The molecule has 3 amide bonds. The number of anilines is 1. The highest BCUT2D eigenvalue weighted by Gasteiger charge is 2.43. The van der Waals surface area contributed by atoms with Crippen LogP contribution in [0.3, 0.4) is 0 Å². The summed E-state index contributed by atoms with van der Waals surface area (Å²) >= 11 is 0. The SMILES string of the molecule is O=C(CNC(=O)N1CC[C@]2(O)CCCC[C@@H]2C1)Nc1ccccc1. The van der Waals surface area contributed by atoms with Crippen LogP contribution in [-0.2, 0) is 4.79 Å². The second-order valence-corrected chi connectivity index (χ2v) is 6.82. The number of rotatable bonds is 3. The second kappa shape index (κ2) is 7.21. The van der Waals surface area contributed by atoms with Gasteiger partial charge in [0.25, 0.3) is 0 Å². The number of nitrogens with one attached hydrogen (secondary N) is 2. The van der Waals surface area contributed by atoms with Crippen molar-refractivity contribution in [1.29, 1.82) is 0 Å². The van der Waals surface area contributed by atoms with Crippen molar-refractivity contribution in [2.24, 2.45) is 5.92 Å². The van der Waals surface area contributed by atoms with Crippen LogP contribution in [0.25, 0.3) is 0 Å². The summed E-state index contributed by atoms with van der Waals surface area (Å²) < 4.78 is 0. The lowest BCUT2D eigenvalue weighted by Gasteiger charge is -2.47. The number of amides is 3. The van der Waals surface area contributed by atoms with Gasteiger partial charge in [-0.3, -0.25) is 4.79 Å². The minimum Gasteiger partial charge on any atom is -0.389 e. The van der Waals surface area contributed by atoms with Crippen LogP contribution in [0.15, 0.2) is 30.3 Å². The molecule has 1 aliphatic carbocycles. The van der Waals surface area contributed by atoms with E-state index < -0.39 is 5.60 Å². The maximum Gasteiger partial charge on any atom is 0.317 e. The minimum atomic E-state index is -0.598. The summed E-state index contributed by atoms with van der Waals surface area (Å²) in [6.07, 6.45) is 4.61. The van der Waals surface area contributed by atoms with Gasteiger partial charge in [0.2, 0.25) is 5.91 Å². The van der Waals surface area contributed by atoms with E-state index in [9.17, 15) is 14.7 Å². The molecule has 3 N–H and O–H groups in total. The predicted molar refractivity (Wildman–Crippen MR) is 91.6 cm³/mol. The lowest BCUT2D eigenvalue weighted by atomic mass is 9.71. The minimum absolute atomic E-state index is 0.0564. The Balaban J connectivity index is 1.46. The topological polar surface area (TPSA) is 81.7 Å². The van der Waals surface area contributed by atoms with E-state index in [0.29, 0.717) is 25.2 Å². The molecule has 0 bridgehead atoms. The van der Waals surface area contributed by atoms with Gasteiger partial charge in [-0.1, -0.05) is 31.0 Å². The highest BCUT2D eigenvalue weighted by Crippen LogP contribution is 2.39. The number of carbonyl (C=O) groups excluding carboxylic acids is 2. The number of urea groups is 1. The number of nitrogens with zero attached hydrogens (tertiary/aromatic N) is 1. The van der Waals surface area contributed by atoms with E-state index in [-0.39, 0.29) is 24.4 Å². The van der Waals surface area contributed by atoms with Crippen LogP contribution in [0, 0.1) is 5.92 Å². The number of carbonyl (C=O) groups is 2. The maximum absolute atomic E-state index is 12.3. The summed E-state index contributed by atoms with van der Waals surface area (Å²) in [7, 11) is 0. The first-order valence-electron chi connectivity index (χ1n) is 8.67. The quantitative estimate of drug-likeness (QED) is 0.792. The molecule has 0 aromatic heterocycles. The van der Waals surface area contributed by atoms with Crippen LogP contribution in [-0.4, -0.2) is 47.2 Å². The molecule has 24 heavy (non-hydrogen) atoms. The highest BCUT2D eigenvalue weighted by atomic mass is 16.3. The first-order valence-corrected chi connectivity index (χ1v) is 8.67. The Morgan fingerprint density at radius 1 is 1.21 bits per heavy atom. The van der Waals surface area contributed by atoms with Gasteiger partial charge in [-0.15, -0.1) is 0 Å². The molecule has 0 unspecified atom stereocenters. The van der Waals surface area contributed by atoms with E-state index in [1.807, 2.05) is 18.2 Å². The third-order valence-electron chi connectivity index (χ3n) is 5.17. The van der Waals surface area contributed by atoms with E-state index in [2.05, 4.69) is 10.6 Å². The van der Waals surface area contributed by atoms with Gasteiger partial charge in [-0.25, -0.2) is 4.79 Å². The largest absolute Gasteiger partial charge is 0.389 e. The van der Waals surface area contributed by atoms with Gasteiger partial charge in [-0.05, 0) is 31.4 Å². The monoisotopic (exact) mass is 331 g/mol. The molecule has 2 aliphatic rings. The number of piperidine rings is 1. The number of benzene rings is 1. The van der Waals surface area contributed by atoms with Crippen LogP contribution >= 0.6 is 0 Å². The summed E-state index contributed by atoms with van der Waals surface area (Å²) in [5, 5.41) is 16.1. The van der Waals surface area contributed by atoms with Crippen LogP contribution in [0.4, 0.5) is 10.5 Å². The summed E-state index contributed by atoms with van der Waals surface area (Å²) in [5.74, 6) is -0.0929. The van der Waals surface area contributed by atoms with Gasteiger partial charge in [0, 0.05) is 24.7 Å². The molecule has 2 fully saturated rings. The Hall–Kier alpha value is -2.08. The Labute approximate surface area is 142 Å². The van der Waals surface area contributed by atoms with E-state index in [4.69, 9.17) is 0 Å². The molecule has 130 valence electrons. The molecule has 1 aliphatic heterocycles. The molecule has 1 saturated heterocycles. The molecule has 6 nitrogen and oxygen atoms in total. The van der Waals surface area contributed by atoms with Crippen molar-refractivity contribution in [3.63, 3.8) is 0 Å². The fraction of sp³-hybridized carbons (Fsp3) is 0.556. The number of aliphatic hydroxyl groups is 1. The first-order chi connectivity index (χ1) is 11.6. The normalized spacial score (nSPS) is 26.4. The molecular weight excluding hydrogens is 306 g/mol. The van der Waals surface area contributed by atoms with Gasteiger partial charge in [0.1, 0.15) is 0 Å². The maximum atomic E-state index is 12.3. The summed E-state index contributed by atoms with van der Waals surface area (Å²) in [6, 6.07) is 8.93. The summed E-state index contributed by atoms with van der Waals surface area (Å²) in [4.78, 5) is 25.9. The predicted octanol–water partition coefficient (Wildman–Crippen LogP) is 1.96. The van der Waals surface area contributed by atoms with Crippen molar-refractivity contribution in [2.75, 3.05) is 25.0 Å². The molecule has 1 aromatic carbocycles. The van der Waals surface area contributed by atoms with E-state index >= 15 is 0 Å². The number of fused-ring (bicyclic) bond motifs is 1. The number of likely N-dealkylation sites (tertiary alicyclic amines) is 1. The zero-order valence-corrected chi connectivity index (χ0v) is 13.8. The average molecular weight is 331 g/mol. The van der Waals surface area contributed by atoms with Crippen molar-refractivity contribution in [3.8, 4) is 0 Å². The molecule has 0 radical (unpaired) electrons. The van der Waals surface area contributed by atoms with Crippen LogP contribution in [0.2, 0.25) is 0 Å². The molecule has 3 rings (SSSR count). The molecule has 1 saturated carbocycles. The molecular formula is C18H25N3O3. The fourth-order valence-corrected chi connectivity index (χ4v) is 3.75. The van der Waals surface area contributed by atoms with Crippen molar-refractivity contribution in [3.05, 3.63) is 30.3 Å². The van der Waals surface area contributed by atoms with Crippen molar-refractivity contribution >= 4 is 17.6 Å². The number of hydrogen-bond acceptors (Lipinski definition) is 3. The van der Waals surface area contributed by atoms with Gasteiger partial charge in [0.05, 0.1) is 12.1 Å². The lowest BCUT2D eigenvalue weighted by Crippen LogP contribution is -2.56. The molecule has 1 aromatic rings. The van der Waals surface area contributed by atoms with Gasteiger partial charge in [-0.2, -0.15) is 0 Å². The molecule has 2 atom stereocenters. The summed E-state index contributed by atoms with van der Waals surface area (Å²) in [6.45, 7) is 1.06. The highest BCUT2D eigenvalue weighted by molar-refractivity contribution is 5.94. The van der Waals surface area contributed by atoms with Crippen LogP contribution < -0.4 is 10.6 Å². The van der Waals surface area contributed by atoms with Gasteiger partial charge in [0.15, 0.2) is 0 Å².